The number of aliphatic hydroxyl groups excluding tert-OH is 1. The maximum atomic E-state index is 8.25. The molecule has 6 heteroatoms. The van der Waals surface area contributed by atoms with Crippen molar-refractivity contribution < 1.29 is 39.8 Å². The van der Waals surface area contributed by atoms with Crippen LogP contribution in [-0.4, -0.2) is 24.3 Å². The molecule has 1 heterocycles. The van der Waals surface area contributed by atoms with Crippen LogP contribution in [0.2, 0.25) is 0 Å². The molecular weight excluding hydrogens is 259 g/mol. The molecule has 78 valence electrons. The molecule has 0 amide bonds. The molecule has 0 atom stereocenters. The monoisotopic (exact) mass is 274 g/mol. The van der Waals surface area contributed by atoms with E-state index in [1.165, 1.54) is 0 Å². The fraction of sp³-hybridized carbons (Fsp3) is 0.375. The molecular formula is C8H16BrN2NaO2. The molecule has 0 unspecified atom stereocenters. The Morgan fingerprint density at radius 2 is 1.79 bits per heavy atom. The van der Waals surface area contributed by atoms with Gasteiger partial charge in [0.2, 0.25) is 0 Å². The van der Waals surface area contributed by atoms with Gasteiger partial charge in [-0.1, -0.05) is 7.43 Å². The number of halogens is 1. The number of hydrogen-bond acceptors (Lipinski definition) is 4. The SMILES string of the molecule is C.CO.C[O-].Nc1ccc(Br)cn1.[Na+]. The number of nitrogen functional groups attached to an aromatic ring is 1. The Labute approximate surface area is 116 Å². The van der Waals surface area contributed by atoms with Crippen molar-refractivity contribution in [2.75, 3.05) is 20.0 Å². The van der Waals surface area contributed by atoms with Gasteiger partial charge in [-0.25, -0.2) is 4.98 Å². The number of nitrogens with zero attached hydrogens (tertiary/aromatic N) is 1. The van der Waals surface area contributed by atoms with Gasteiger partial charge in [0.05, 0.1) is 0 Å². The summed E-state index contributed by atoms with van der Waals surface area (Å²) in [6.45, 7) is 0. The third-order valence-corrected chi connectivity index (χ3v) is 1.22. The van der Waals surface area contributed by atoms with Crippen LogP contribution in [0.1, 0.15) is 7.43 Å². The number of nitrogens with two attached hydrogens (primary N) is 1. The average molecular weight is 275 g/mol. The first-order valence-electron chi connectivity index (χ1n) is 3.01. The molecule has 0 aliphatic carbocycles. The van der Waals surface area contributed by atoms with Crippen LogP contribution < -0.4 is 40.4 Å². The second kappa shape index (κ2) is 19.0. The molecule has 0 spiro atoms. The van der Waals surface area contributed by atoms with Crippen molar-refractivity contribution in [2.24, 2.45) is 0 Å². The van der Waals surface area contributed by atoms with Crippen molar-refractivity contribution in [2.45, 2.75) is 7.43 Å². The third-order valence-electron chi connectivity index (χ3n) is 0.750. The van der Waals surface area contributed by atoms with Crippen molar-refractivity contribution in [3.63, 3.8) is 0 Å². The first-order valence-corrected chi connectivity index (χ1v) is 3.81. The van der Waals surface area contributed by atoms with Gasteiger partial charge in [-0.2, -0.15) is 7.11 Å². The standard InChI is InChI=1S/C5H5BrN2.CH4O.CH3O.CH4.Na/c6-4-1-2-5(7)8-3-4;2*1-2;;/h1-3H,(H2,7,8);2H,1H3;1H3;1H4;/q;;-1;;+1. The van der Waals surface area contributed by atoms with Crippen molar-refractivity contribution in [3.8, 4) is 0 Å². The summed E-state index contributed by atoms with van der Waals surface area (Å²) in [5.41, 5.74) is 5.29. The van der Waals surface area contributed by atoms with E-state index in [1.54, 1.807) is 12.3 Å². The molecule has 0 aliphatic heterocycles. The van der Waals surface area contributed by atoms with E-state index in [4.69, 9.17) is 15.9 Å². The van der Waals surface area contributed by atoms with Gasteiger partial charge >= 0.3 is 29.6 Å². The summed E-state index contributed by atoms with van der Waals surface area (Å²) in [5, 5.41) is 15.2. The molecule has 1 rings (SSSR count). The molecule has 0 saturated heterocycles. The van der Waals surface area contributed by atoms with Gasteiger partial charge in [0.1, 0.15) is 5.82 Å². The van der Waals surface area contributed by atoms with E-state index in [0.717, 1.165) is 18.7 Å². The number of aromatic nitrogens is 1. The van der Waals surface area contributed by atoms with Gasteiger partial charge in [-0.3, -0.25) is 0 Å². The number of anilines is 1. The van der Waals surface area contributed by atoms with Gasteiger partial charge < -0.3 is 15.9 Å². The van der Waals surface area contributed by atoms with E-state index in [0.29, 0.717) is 5.82 Å². The molecule has 0 aliphatic rings. The number of rotatable bonds is 0. The van der Waals surface area contributed by atoms with E-state index < -0.39 is 0 Å². The fourth-order valence-electron chi connectivity index (χ4n) is 0.387. The molecule has 14 heavy (non-hydrogen) atoms. The Morgan fingerprint density at radius 1 is 1.36 bits per heavy atom. The molecule has 0 radical (unpaired) electrons. The van der Waals surface area contributed by atoms with E-state index in [-0.39, 0.29) is 37.0 Å². The molecule has 0 aromatic carbocycles. The van der Waals surface area contributed by atoms with Crippen molar-refractivity contribution in [1.29, 1.82) is 0 Å². The summed E-state index contributed by atoms with van der Waals surface area (Å²) in [6.07, 6.45) is 1.66. The Bertz CT molecular complexity index is 164. The van der Waals surface area contributed by atoms with Gasteiger partial charge in [-0.15, -0.1) is 0 Å². The minimum atomic E-state index is 0. The van der Waals surface area contributed by atoms with Crippen LogP contribution in [0.4, 0.5) is 5.82 Å². The minimum absolute atomic E-state index is 0. The Balaban J connectivity index is -0.0000000750. The summed E-state index contributed by atoms with van der Waals surface area (Å²) in [7, 11) is 1.75. The maximum Gasteiger partial charge on any atom is 1.00 e. The number of aliphatic hydroxyl groups is 1. The van der Waals surface area contributed by atoms with Crippen LogP contribution in [0.15, 0.2) is 22.8 Å². The Kier molecular flexibility index (Phi) is 32.4. The van der Waals surface area contributed by atoms with Gasteiger partial charge in [0.15, 0.2) is 0 Å². The molecule has 1 aromatic rings. The smallest absolute Gasteiger partial charge is 0.857 e. The zero-order valence-electron chi connectivity index (χ0n) is 7.99. The van der Waals surface area contributed by atoms with E-state index in [2.05, 4.69) is 20.9 Å². The summed E-state index contributed by atoms with van der Waals surface area (Å²) in [5.74, 6) is 0.549. The molecule has 1 aromatic heterocycles. The predicted molar refractivity (Wildman–Crippen MR) is 57.1 cm³/mol. The Hall–Kier alpha value is 0.350. The molecule has 0 bridgehead atoms. The normalized spacial score (nSPS) is 6.07. The maximum absolute atomic E-state index is 8.25. The van der Waals surface area contributed by atoms with Crippen LogP contribution in [0.3, 0.4) is 0 Å². The summed E-state index contributed by atoms with van der Waals surface area (Å²) < 4.78 is 0.951. The minimum Gasteiger partial charge on any atom is -0.857 e. The van der Waals surface area contributed by atoms with Gasteiger partial charge in [-0.05, 0) is 28.1 Å². The van der Waals surface area contributed by atoms with Gasteiger partial charge in [0, 0.05) is 17.8 Å². The van der Waals surface area contributed by atoms with Crippen molar-refractivity contribution in [1.82, 2.24) is 4.98 Å². The molecule has 0 fully saturated rings. The second-order valence-electron chi connectivity index (χ2n) is 1.40. The largest absolute Gasteiger partial charge is 1.00 e. The molecule has 0 saturated carbocycles. The van der Waals surface area contributed by atoms with Crippen LogP contribution in [-0.2, 0) is 0 Å². The van der Waals surface area contributed by atoms with Crippen LogP contribution >= 0.6 is 15.9 Å². The first kappa shape index (κ1) is 23.9. The summed E-state index contributed by atoms with van der Waals surface area (Å²) in [4.78, 5) is 3.81. The van der Waals surface area contributed by atoms with Crippen molar-refractivity contribution >= 4 is 21.7 Å². The zero-order chi connectivity index (χ0) is 9.98. The van der Waals surface area contributed by atoms with E-state index in [1.807, 2.05) is 6.07 Å². The zero-order valence-corrected chi connectivity index (χ0v) is 11.6. The topological polar surface area (TPSA) is 82.2 Å². The van der Waals surface area contributed by atoms with E-state index >= 15 is 0 Å². The predicted octanol–water partition coefficient (Wildman–Crippen LogP) is -2.35. The van der Waals surface area contributed by atoms with E-state index in [9.17, 15) is 0 Å². The number of pyridine rings is 1. The van der Waals surface area contributed by atoms with Crippen LogP contribution in [0.5, 0.6) is 0 Å². The molecule has 4 nitrogen and oxygen atoms in total. The van der Waals surface area contributed by atoms with Crippen LogP contribution in [0.25, 0.3) is 0 Å². The second-order valence-corrected chi connectivity index (χ2v) is 2.32. The van der Waals surface area contributed by atoms with Crippen LogP contribution in [0, 0.1) is 0 Å². The third kappa shape index (κ3) is 14.9. The van der Waals surface area contributed by atoms with Gasteiger partial charge in [0.25, 0.3) is 0 Å². The van der Waals surface area contributed by atoms with Crippen molar-refractivity contribution in [3.05, 3.63) is 22.8 Å². The average Bonchev–Trinajstić information content (AvgIpc) is 2.17. The first-order chi connectivity index (χ1) is 5.79. The number of hydrogen-bond donors (Lipinski definition) is 2. The summed E-state index contributed by atoms with van der Waals surface area (Å²) >= 11 is 3.23. The summed E-state index contributed by atoms with van der Waals surface area (Å²) in [6, 6.07) is 3.59. The molecule has 3 N–H and O–H groups in total. The Morgan fingerprint density at radius 3 is 2.00 bits per heavy atom. The quantitative estimate of drug-likeness (QED) is 0.519. The fourth-order valence-corrected chi connectivity index (χ4v) is 0.622.